The number of nitrogens with two attached hydrogens (primary N) is 1. The van der Waals surface area contributed by atoms with Gasteiger partial charge in [-0.15, -0.1) is 0 Å². The van der Waals surface area contributed by atoms with Gasteiger partial charge in [0.25, 0.3) is 5.91 Å². The van der Waals surface area contributed by atoms with Crippen LogP contribution in [0.2, 0.25) is 0 Å². The summed E-state index contributed by atoms with van der Waals surface area (Å²) in [6.07, 6.45) is 2.59. The number of anilines is 2. The lowest BCUT2D eigenvalue weighted by molar-refractivity contribution is 0.0828. The van der Waals surface area contributed by atoms with E-state index >= 15 is 0 Å². The molecule has 1 saturated carbocycles. The molecule has 21 heavy (non-hydrogen) atoms. The minimum Gasteiger partial charge on any atom is -0.399 e. The van der Waals surface area contributed by atoms with Gasteiger partial charge in [0.2, 0.25) is 0 Å². The molecule has 2 rings (SSSR count). The minimum atomic E-state index is -0.0132. The lowest BCUT2D eigenvalue weighted by Crippen LogP contribution is -2.36. The third-order valence-corrected chi connectivity index (χ3v) is 4.09. The van der Waals surface area contributed by atoms with Crippen LogP contribution in [0.5, 0.6) is 0 Å². The van der Waals surface area contributed by atoms with Gasteiger partial charge in [0.15, 0.2) is 0 Å². The van der Waals surface area contributed by atoms with Gasteiger partial charge in [-0.25, -0.2) is 0 Å². The monoisotopic (exact) mass is 290 g/mol. The molecular weight excluding hydrogens is 264 g/mol. The molecule has 1 aliphatic carbocycles. The van der Waals surface area contributed by atoms with Crippen LogP contribution in [-0.2, 0) is 0 Å². The van der Waals surface area contributed by atoms with Crippen LogP contribution in [0.4, 0.5) is 11.4 Å². The van der Waals surface area contributed by atoms with Crippen LogP contribution in [0, 0.1) is 0 Å². The molecule has 1 unspecified atom stereocenters. The second kappa shape index (κ2) is 6.35. The zero-order valence-corrected chi connectivity index (χ0v) is 13.4. The van der Waals surface area contributed by atoms with E-state index in [4.69, 9.17) is 5.73 Å². The minimum absolute atomic E-state index is 0.0132. The number of hydrogen-bond donors (Lipinski definition) is 2. The van der Waals surface area contributed by atoms with E-state index in [0.29, 0.717) is 17.3 Å². The molecule has 5 heteroatoms. The van der Waals surface area contributed by atoms with Gasteiger partial charge in [0.05, 0.1) is 5.56 Å². The van der Waals surface area contributed by atoms with Crippen molar-refractivity contribution in [2.45, 2.75) is 31.8 Å². The predicted octanol–water partition coefficient (Wildman–Crippen LogP) is 1.87. The molecule has 0 bridgehead atoms. The Morgan fingerprint density at radius 3 is 2.62 bits per heavy atom. The van der Waals surface area contributed by atoms with E-state index in [1.807, 2.05) is 6.07 Å². The lowest BCUT2D eigenvalue weighted by atomic mass is 10.1. The Balaban J connectivity index is 2.07. The molecule has 0 aromatic heterocycles. The number of nitrogens with one attached hydrogen (secondary N) is 1. The summed E-state index contributed by atoms with van der Waals surface area (Å²) in [4.78, 5) is 16.2. The third kappa shape index (κ3) is 3.88. The fraction of sp³-hybridized carbons (Fsp3) is 0.562. The maximum atomic E-state index is 12.2. The molecule has 0 saturated heterocycles. The quantitative estimate of drug-likeness (QED) is 0.785. The molecule has 1 atom stereocenters. The van der Waals surface area contributed by atoms with Gasteiger partial charge >= 0.3 is 0 Å². The normalized spacial score (nSPS) is 15.9. The number of nitrogens with zero attached hydrogens (tertiary/aromatic N) is 2. The highest BCUT2D eigenvalue weighted by Gasteiger charge is 2.29. The van der Waals surface area contributed by atoms with Crippen LogP contribution < -0.4 is 11.1 Å². The van der Waals surface area contributed by atoms with Gasteiger partial charge in [-0.2, -0.15) is 0 Å². The third-order valence-electron chi connectivity index (χ3n) is 4.09. The predicted molar refractivity (Wildman–Crippen MR) is 87.6 cm³/mol. The molecule has 0 spiro atoms. The molecule has 1 aromatic carbocycles. The van der Waals surface area contributed by atoms with E-state index in [9.17, 15) is 4.79 Å². The van der Waals surface area contributed by atoms with Gasteiger partial charge in [-0.05, 0) is 45.0 Å². The highest BCUT2D eigenvalue weighted by Crippen LogP contribution is 2.27. The first-order valence-corrected chi connectivity index (χ1v) is 7.47. The highest BCUT2D eigenvalue weighted by atomic mass is 16.2. The number of rotatable bonds is 6. The second-order valence-electron chi connectivity index (χ2n) is 6.13. The van der Waals surface area contributed by atoms with Crippen molar-refractivity contribution in [1.82, 2.24) is 9.80 Å². The Bertz CT molecular complexity index is 511. The molecule has 5 nitrogen and oxygen atoms in total. The van der Waals surface area contributed by atoms with E-state index in [-0.39, 0.29) is 5.91 Å². The van der Waals surface area contributed by atoms with Crippen LogP contribution >= 0.6 is 0 Å². The number of carbonyl (C=O) groups excluding carboxylic acids is 1. The Morgan fingerprint density at radius 1 is 1.38 bits per heavy atom. The molecule has 1 fully saturated rings. The Hall–Kier alpha value is -1.75. The topological polar surface area (TPSA) is 61.6 Å². The standard InChI is InChI=1S/C16H26N4O/c1-11(20(4)13-6-7-13)10-18-15-9-12(17)5-8-14(15)16(21)19(2)3/h5,8-9,11,13,18H,6-7,10,17H2,1-4H3. The molecule has 0 aliphatic heterocycles. The molecular formula is C16H26N4O. The molecule has 116 valence electrons. The average Bonchev–Trinajstić information content (AvgIpc) is 3.27. The summed E-state index contributed by atoms with van der Waals surface area (Å²) in [7, 11) is 5.67. The van der Waals surface area contributed by atoms with Crippen molar-refractivity contribution in [3.63, 3.8) is 0 Å². The molecule has 1 aliphatic rings. The van der Waals surface area contributed by atoms with Crippen LogP contribution in [0.3, 0.4) is 0 Å². The molecule has 1 amide bonds. The van der Waals surface area contributed by atoms with Crippen LogP contribution in [0.1, 0.15) is 30.1 Å². The number of carbonyl (C=O) groups is 1. The zero-order valence-electron chi connectivity index (χ0n) is 13.4. The van der Waals surface area contributed by atoms with E-state index in [2.05, 4.69) is 24.2 Å². The fourth-order valence-electron chi connectivity index (χ4n) is 2.38. The highest BCUT2D eigenvalue weighted by molar-refractivity contribution is 6.00. The zero-order chi connectivity index (χ0) is 15.6. The van der Waals surface area contributed by atoms with Crippen molar-refractivity contribution in [1.29, 1.82) is 0 Å². The van der Waals surface area contributed by atoms with Gasteiger partial charge in [-0.1, -0.05) is 0 Å². The maximum Gasteiger partial charge on any atom is 0.255 e. The number of hydrogen-bond acceptors (Lipinski definition) is 4. The lowest BCUT2D eigenvalue weighted by Gasteiger charge is -2.26. The first-order valence-electron chi connectivity index (χ1n) is 7.47. The fourth-order valence-corrected chi connectivity index (χ4v) is 2.38. The van der Waals surface area contributed by atoms with Crippen LogP contribution in [0.15, 0.2) is 18.2 Å². The second-order valence-corrected chi connectivity index (χ2v) is 6.13. The van der Waals surface area contributed by atoms with Crippen molar-refractivity contribution in [2.75, 3.05) is 38.7 Å². The Morgan fingerprint density at radius 2 is 2.05 bits per heavy atom. The summed E-state index contributed by atoms with van der Waals surface area (Å²) in [5.74, 6) is -0.0132. The summed E-state index contributed by atoms with van der Waals surface area (Å²) in [5.41, 5.74) is 7.99. The van der Waals surface area contributed by atoms with Crippen molar-refractivity contribution < 1.29 is 4.79 Å². The number of amides is 1. The molecule has 3 N–H and O–H groups in total. The van der Waals surface area contributed by atoms with Crippen LogP contribution in [-0.4, -0.2) is 55.5 Å². The van der Waals surface area contributed by atoms with Gasteiger partial charge in [0.1, 0.15) is 0 Å². The number of likely N-dealkylation sites (N-methyl/N-ethyl adjacent to an activating group) is 1. The SMILES string of the molecule is CC(CNc1cc(N)ccc1C(=O)N(C)C)N(C)C1CC1. The van der Waals surface area contributed by atoms with Gasteiger partial charge < -0.3 is 16.0 Å². The van der Waals surface area contributed by atoms with E-state index in [1.54, 1.807) is 31.1 Å². The van der Waals surface area contributed by atoms with Gasteiger partial charge in [0, 0.05) is 44.1 Å². The van der Waals surface area contributed by atoms with E-state index < -0.39 is 0 Å². The molecule has 0 heterocycles. The first kappa shape index (κ1) is 15.6. The molecule has 0 radical (unpaired) electrons. The van der Waals surface area contributed by atoms with Crippen molar-refractivity contribution >= 4 is 17.3 Å². The van der Waals surface area contributed by atoms with Crippen molar-refractivity contribution in [3.05, 3.63) is 23.8 Å². The summed E-state index contributed by atoms with van der Waals surface area (Å²) in [5, 5.41) is 3.38. The van der Waals surface area contributed by atoms with Gasteiger partial charge in [-0.3, -0.25) is 9.69 Å². The summed E-state index contributed by atoms with van der Waals surface area (Å²) >= 11 is 0. The van der Waals surface area contributed by atoms with E-state index in [0.717, 1.165) is 18.3 Å². The molecule has 1 aromatic rings. The smallest absolute Gasteiger partial charge is 0.255 e. The Kier molecular flexibility index (Phi) is 4.73. The summed E-state index contributed by atoms with van der Waals surface area (Å²) in [6.45, 7) is 3.00. The van der Waals surface area contributed by atoms with Crippen molar-refractivity contribution in [2.24, 2.45) is 0 Å². The van der Waals surface area contributed by atoms with Crippen molar-refractivity contribution in [3.8, 4) is 0 Å². The van der Waals surface area contributed by atoms with Crippen LogP contribution in [0.25, 0.3) is 0 Å². The Labute approximate surface area is 127 Å². The summed E-state index contributed by atoms with van der Waals surface area (Å²) in [6, 6.07) is 6.53. The average molecular weight is 290 g/mol. The largest absolute Gasteiger partial charge is 0.399 e. The summed E-state index contributed by atoms with van der Waals surface area (Å²) < 4.78 is 0. The van der Waals surface area contributed by atoms with E-state index in [1.165, 1.54) is 12.8 Å². The number of benzene rings is 1. The first-order chi connectivity index (χ1) is 9.90. The number of nitrogen functional groups attached to an aromatic ring is 1. The maximum absolute atomic E-state index is 12.2.